The van der Waals surface area contributed by atoms with Crippen LogP contribution in [0.1, 0.15) is 29.5 Å². The van der Waals surface area contributed by atoms with Gasteiger partial charge >= 0.3 is 12.1 Å². The fraction of sp³-hybridized carbons (Fsp3) is 0.259. The maximum absolute atomic E-state index is 13.0. The first-order chi connectivity index (χ1) is 16.0. The summed E-state index contributed by atoms with van der Waals surface area (Å²) in [5.41, 5.74) is 8.13. The van der Waals surface area contributed by atoms with Crippen molar-refractivity contribution in [2.45, 2.75) is 38.0 Å². The molecular weight excluding hydrogens is 416 g/mol. The zero-order valence-electron chi connectivity index (χ0n) is 18.6. The van der Waals surface area contributed by atoms with Crippen LogP contribution < -0.4 is 11.1 Å². The Bertz CT molecular complexity index is 996. The van der Waals surface area contributed by atoms with E-state index in [1.54, 1.807) is 0 Å². The molecule has 3 rings (SSSR count). The quantitative estimate of drug-likeness (QED) is 0.337. The summed E-state index contributed by atoms with van der Waals surface area (Å²) in [5, 5.41) is 2.72. The molecule has 0 saturated carbocycles. The van der Waals surface area contributed by atoms with Gasteiger partial charge in [0.05, 0.1) is 0 Å². The second kappa shape index (κ2) is 12.4. The fourth-order valence-corrected chi connectivity index (χ4v) is 3.46. The van der Waals surface area contributed by atoms with Gasteiger partial charge in [-0.15, -0.1) is 0 Å². The minimum absolute atomic E-state index is 0.164. The Balaban J connectivity index is 1.51. The lowest BCUT2D eigenvalue weighted by atomic mass is 9.87. The molecule has 33 heavy (non-hydrogen) atoms. The van der Waals surface area contributed by atoms with E-state index in [2.05, 4.69) is 5.32 Å². The number of hydrogen-bond acceptors (Lipinski definition) is 5. The molecule has 6 heteroatoms. The van der Waals surface area contributed by atoms with Crippen molar-refractivity contribution in [1.29, 1.82) is 0 Å². The Labute approximate surface area is 194 Å². The number of esters is 1. The lowest BCUT2D eigenvalue weighted by Gasteiger charge is -2.27. The van der Waals surface area contributed by atoms with Gasteiger partial charge in [0.1, 0.15) is 18.8 Å². The molecule has 172 valence electrons. The monoisotopic (exact) mass is 446 g/mol. The molecule has 3 aromatic rings. The highest BCUT2D eigenvalue weighted by molar-refractivity contribution is 5.81. The van der Waals surface area contributed by atoms with Crippen molar-refractivity contribution in [3.05, 3.63) is 108 Å². The van der Waals surface area contributed by atoms with E-state index >= 15 is 0 Å². The van der Waals surface area contributed by atoms with E-state index in [0.29, 0.717) is 25.8 Å². The van der Waals surface area contributed by atoms with E-state index in [0.717, 1.165) is 16.7 Å². The highest BCUT2D eigenvalue weighted by Crippen LogP contribution is 2.20. The summed E-state index contributed by atoms with van der Waals surface area (Å²) in [6.07, 6.45) is 0.703. The van der Waals surface area contributed by atoms with Crippen LogP contribution in [-0.4, -0.2) is 24.1 Å². The van der Waals surface area contributed by atoms with E-state index in [1.807, 2.05) is 91.0 Å². The van der Waals surface area contributed by atoms with Crippen molar-refractivity contribution < 1.29 is 19.1 Å². The summed E-state index contributed by atoms with van der Waals surface area (Å²) >= 11 is 0. The number of hydrogen-bond donors (Lipinski definition) is 2. The first-order valence-electron chi connectivity index (χ1n) is 11.0. The van der Waals surface area contributed by atoms with Gasteiger partial charge in [-0.2, -0.15) is 0 Å². The number of alkyl carbamates (subject to hydrolysis) is 1. The number of carbonyl (C=O) groups excluding carboxylic acids is 2. The molecule has 0 heterocycles. The average molecular weight is 447 g/mol. The molecule has 3 N–H and O–H groups in total. The highest BCUT2D eigenvalue weighted by Gasteiger charge is 2.35. The summed E-state index contributed by atoms with van der Waals surface area (Å²) in [6.45, 7) is 0.706. The molecule has 6 nitrogen and oxygen atoms in total. The van der Waals surface area contributed by atoms with Gasteiger partial charge in [0.25, 0.3) is 0 Å². The molecule has 0 saturated heterocycles. The van der Waals surface area contributed by atoms with Crippen molar-refractivity contribution in [2.24, 2.45) is 5.73 Å². The summed E-state index contributed by atoms with van der Waals surface area (Å²) < 4.78 is 10.8. The smallest absolute Gasteiger partial charge is 0.407 e. The van der Waals surface area contributed by atoms with Crippen LogP contribution in [0, 0.1) is 0 Å². The van der Waals surface area contributed by atoms with Crippen molar-refractivity contribution in [3.8, 4) is 0 Å². The maximum Gasteiger partial charge on any atom is 0.407 e. The van der Waals surface area contributed by atoms with Gasteiger partial charge in [0.2, 0.25) is 0 Å². The topological polar surface area (TPSA) is 90.6 Å². The number of amides is 1. The normalized spacial score (nSPS) is 12.4. The predicted molar refractivity (Wildman–Crippen MR) is 127 cm³/mol. The van der Waals surface area contributed by atoms with Crippen molar-refractivity contribution >= 4 is 12.1 Å². The summed E-state index contributed by atoms with van der Waals surface area (Å²) in [5.74, 6) is -0.457. The number of carbonyl (C=O) groups is 2. The number of ether oxygens (including phenoxy) is 2. The van der Waals surface area contributed by atoms with Crippen LogP contribution in [0.25, 0.3) is 0 Å². The van der Waals surface area contributed by atoms with Gasteiger partial charge in [-0.05, 0) is 29.5 Å². The minimum atomic E-state index is -1.20. The summed E-state index contributed by atoms with van der Waals surface area (Å²) in [4.78, 5) is 24.9. The molecule has 0 bridgehead atoms. The van der Waals surface area contributed by atoms with Crippen LogP contribution in [0.3, 0.4) is 0 Å². The molecule has 0 radical (unpaired) electrons. The molecule has 0 fully saturated rings. The molecule has 0 aliphatic heterocycles. The lowest BCUT2D eigenvalue weighted by molar-refractivity contribution is -0.152. The number of nitrogens with two attached hydrogens (primary N) is 1. The standard InChI is InChI=1S/C27H30N2O4/c28-27(19-22-11-4-1-5-12-22,25(30)32-20-23-13-6-2-7-14-23)17-10-18-29-26(31)33-21-24-15-8-3-9-16-24/h1-9,11-16H,10,17-21,28H2,(H,29,31)/t27-/m1/s1. The maximum atomic E-state index is 13.0. The molecule has 0 aromatic heterocycles. The third-order valence-corrected chi connectivity index (χ3v) is 5.26. The predicted octanol–water partition coefficient (Wildman–Crippen LogP) is 4.38. The van der Waals surface area contributed by atoms with E-state index < -0.39 is 17.6 Å². The van der Waals surface area contributed by atoms with Crippen LogP contribution in [0.4, 0.5) is 4.79 Å². The Hall–Kier alpha value is -3.64. The van der Waals surface area contributed by atoms with Gasteiger partial charge < -0.3 is 20.5 Å². The molecule has 1 atom stereocenters. The Morgan fingerprint density at radius 2 is 1.21 bits per heavy atom. The third kappa shape index (κ3) is 8.09. The van der Waals surface area contributed by atoms with E-state index in [-0.39, 0.29) is 13.2 Å². The zero-order valence-corrected chi connectivity index (χ0v) is 18.6. The van der Waals surface area contributed by atoms with Gasteiger partial charge in [0.15, 0.2) is 0 Å². The van der Waals surface area contributed by atoms with Crippen molar-refractivity contribution in [1.82, 2.24) is 5.32 Å². The second-order valence-electron chi connectivity index (χ2n) is 7.97. The van der Waals surface area contributed by atoms with E-state index in [9.17, 15) is 9.59 Å². The molecule has 0 aliphatic rings. The molecule has 0 unspecified atom stereocenters. The van der Waals surface area contributed by atoms with Gasteiger partial charge in [-0.1, -0.05) is 91.0 Å². The van der Waals surface area contributed by atoms with Crippen molar-refractivity contribution in [2.75, 3.05) is 6.54 Å². The summed E-state index contributed by atoms with van der Waals surface area (Å²) in [7, 11) is 0. The van der Waals surface area contributed by atoms with Crippen molar-refractivity contribution in [3.63, 3.8) is 0 Å². The molecule has 0 spiro atoms. The number of rotatable bonds is 11. The molecular formula is C27H30N2O4. The lowest BCUT2D eigenvalue weighted by Crippen LogP contribution is -2.51. The summed E-state index contributed by atoms with van der Waals surface area (Å²) in [6, 6.07) is 28.6. The zero-order chi connectivity index (χ0) is 23.4. The number of nitrogens with one attached hydrogen (secondary N) is 1. The van der Waals surface area contributed by atoms with Gasteiger partial charge in [0, 0.05) is 13.0 Å². The van der Waals surface area contributed by atoms with Crippen LogP contribution in [0.15, 0.2) is 91.0 Å². The van der Waals surface area contributed by atoms with Crippen LogP contribution in [0.2, 0.25) is 0 Å². The van der Waals surface area contributed by atoms with Crippen LogP contribution >= 0.6 is 0 Å². The van der Waals surface area contributed by atoms with E-state index in [4.69, 9.17) is 15.2 Å². The molecule has 1 amide bonds. The second-order valence-corrected chi connectivity index (χ2v) is 7.97. The number of benzene rings is 3. The van der Waals surface area contributed by atoms with E-state index in [1.165, 1.54) is 0 Å². The SMILES string of the molecule is N[C@](CCCNC(=O)OCc1ccccc1)(Cc1ccccc1)C(=O)OCc1ccccc1. The van der Waals surface area contributed by atoms with Crippen LogP contribution in [-0.2, 0) is 33.9 Å². The minimum Gasteiger partial charge on any atom is -0.459 e. The average Bonchev–Trinajstić information content (AvgIpc) is 2.86. The first-order valence-corrected chi connectivity index (χ1v) is 11.0. The highest BCUT2D eigenvalue weighted by atomic mass is 16.5. The fourth-order valence-electron chi connectivity index (χ4n) is 3.46. The Kier molecular flexibility index (Phi) is 9.03. The molecule has 3 aromatic carbocycles. The van der Waals surface area contributed by atoms with Crippen LogP contribution in [0.5, 0.6) is 0 Å². The largest absolute Gasteiger partial charge is 0.459 e. The molecule has 0 aliphatic carbocycles. The third-order valence-electron chi connectivity index (χ3n) is 5.26. The Morgan fingerprint density at radius 1 is 0.727 bits per heavy atom. The van der Waals surface area contributed by atoms with Gasteiger partial charge in [-0.3, -0.25) is 4.79 Å². The Morgan fingerprint density at radius 3 is 1.76 bits per heavy atom. The van der Waals surface area contributed by atoms with Gasteiger partial charge in [-0.25, -0.2) is 4.79 Å². The first kappa shape index (κ1) is 24.0.